The van der Waals surface area contributed by atoms with Crippen molar-refractivity contribution in [1.82, 2.24) is 0 Å². The number of carbonyl (C=O) groups excluding carboxylic acids is 1. The molecule has 0 bridgehead atoms. The third-order valence-electron chi connectivity index (χ3n) is 3.05. The highest BCUT2D eigenvalue weighted by Gasteiger charge is 2.16. The second-order valence-corrected chi connectivity index (χ2v) is 4.63. The van der Waals surface area contributed by atoms with Crippen LogP contribution in [-0.2, 0) is 22.6 Å². The van der Waals surface area contributed by atoms with Crippen LogP contribution in [0.2, 0.25) is 0 Å². The minimum Gasteiger partial charge on any atom is -0.459 e. The van der Waals surface area contributed by atoms with Crippen LogP contribution in [0.3, 0.4) is 0 Å². The Morgan fingerprint density at radius 2 is 1.50 bits per heavy atom. The van der Waals surface area contributed by atoms with E-state index in [-0.39, 0.29) is 6.61 Å². The fourth-order valence-electron chi connectivity index (χ4n) is 1.89. The van der Waals surface area contributed by atoms with E-state index in [0.717, 1.165) is 11.1 Å². The molecule has 1 atom stereocenters. The molecule has 2 rings (SSSR count). The molecule has 2 aromatic rings. The summed E-state index contributed by atoms with van der Waals surface area (Å²) in [4.78, 5) is 11.7. The minimum atomic E-state index is -1.07. The van der Waals surface area contributed by atoms with E-state index in [0.29, 0.717) is 12.8 Å². The van der Waals surface area contributed by atoms with Gasteiger partial charge in [-0.05, 0) is 24.0 Å². The third kappa shape index (κ3) is 4.52. The topological polar surface area (TPSA) is 46.5 Å². The molecule has 1 N–H and O–H groups in total. The zero-order valence-corrected chi connectivity index (χ0v) is 11.2. The molecule has 0 fully saturated rings. The van der Waals surface area contributed by atoms with Crippen LogP contribution < -0.4 is 0 Å². The largest absolute Gasteiger partial charge is 0.459 e. The number of carbonyl (C=O) groups is 1. The molecule has 0 aliphatic carbocycles. The molecule has 0 aliphatic heterocycles. The maximum Gasteiger partial charge on any atom is 0.335 e. The molecule has 104 valence electrons. The predicted octanol–water partition coefficient (Wildman–Crippen LogP) is 2.72. The molecular formula is C17H18O3. The normalized spacial score (nSPS) is 11.8. The van der Waals surface area contributed by atoms with Crippen molar-refractivity contribution in [2.75, 3.05) is 0 Å². The van der Waals surface area contributed by atoms with Gasteiger partial charge in [0.1, 0.15) is 6.61 Å². The van der Waals surface area contributed by atoms with E-state index in [2.05, 4.69) is 0 Å². The van der Waals surface area contributed by atoms with Gasteiger partial charge >= 0.3 is 5.97 Å². The van der Waals surface area contributed by atoms with Gasteiger partial charge in [0.25, 0.3) is 0 Å². The molecule has 0 heterocycles. The summed E-state index contributed by atoms with van der Waals surface area (Å²) in [6.07, 6.45) is -0.0426. The predicted molar refractivity (Wildman–Crippen MR) is 77.0 cm³/mol. The summed E-state index contributed by atoms with van der Waals surface area (Å²) in [5.41, 5.74) is 2.01. The fraction of sp³-hybridized carbons (Fsp3) is 0.235. The highest BCUT2D eigenvalue weighted by atomic mass is 16.5. The van der Waals surface area contributed by atoms with E-state index in [1.807, 2.05) is 60.7 Å². The monoisotopic (exact) mass is 270 g/mol. The number of ether oxygens (including phenoxy) is 1. The number of benzene rings is 2. The van der Waals surface area contributed by atoms with Crippen molar-refractivity contribution in [3.63, 3.8) is 0 Å². The Hall–Kier alpha value is -2.13. The third-order valence-corrected chi connectivity index (χ3v) is 3.05. The van der Waals surface area contributed by atoms with Crippen LogP contribution in [0, 0.1) is 0 Å². The van der Waals surface area contributed by atoms with Gasteiger partial charge in [0.15, 0.2) is 6.10 Å². The SMILES string of the molecule is O=C(OCc1ccccc1)[C@H](O)CCc1ccccc1. The van der Waals surface area contributed by atoms with Gasteiger partial charge < -0.3 is 9.84 Å². The molecule has 0 radical (unpaired) electrons. The molecule has 20 heavy (non-hydrogen) atoms. The Morgan fingerprint density at radius 1 is 0.950 bits per heavy atom. The lowest BCUT2D eigenvalue weighted by molar-refractivity contribution is -0.155. The first-order valence-electron chi connectivity index (χ1n) is 6.68. The summed E-state index contributed by atoms with van der Waals surface area (Å²) in [5.74, 6) is -0.565. The molecule has 3 heteroatoms. The van der Waals surface area contributed by atoms with Gasteiger partial charge in [-0.15, -0.1) is 0 Å². The first-order chi connectivity index (χ1) is 9.75. The second-order valence-electron chi connectivity index (χ2n) is 4.63. The van der Waals surface area contributed by atoms with Crippen LogP contribution in [0.5, 0.6) is 0 Å². The summed E-state index contributed by atoms with van der Waals surface area (Å²) < 4.78 is 5.09. The van der Waals surface area contributed by atoms with Crippen LogP contribution >= 0.6 is 0 Å². The quantitative estimate of drug-likeness (QED) is 0.821. The van der Waals surface area contributed by atoms with E-state index in [1.165, 1.54) is 0 Å². The van der Waals surface area contributed by atoms with Gasteiger partial charge in [0.05, 0.1) is 0 Å². The van der Waals surface area contributed by atoms with Crippen LogP contribution in [0.25, 0.3) is 0 Å². The first-order valence-corrected chi connectivity index (χ1v) is 6.68. The van der Waals surface area contributed by atoms with Gasteiger partial charge in [-0.2, -0.15) is 0 Å². The summed E-state index contributed by atoms with van der Waals surface area (Å²) >= 11 is 0. The molecular weight excluding hydrogens is 252 g/mol. The molecule has 0 amide bonds. The lowest BCUT2D eigenvalue weighted by atomic mass is 10.1. The number of rotatable bonds is 6. The molecule has 0 saturated carbocycles. The van der Waals surface area contributed by atoms with Crippen LogP contribution in [-0.4, -0.2) is 17.2 Å². The minimum absolute atomic E-state index is 0.196. The Balaban J connectivity index is 1.75. The average molecular weight is 270 g/mol. The van der Waals surface area contributed by atoms with E-state index >= 15 is 0 Å². The van der Waals surface area contributed by atoms with E-state index < -0.39 is 12.1 Å². The second kappa shape index (κ2) is 7.46. The van der Waals surface area contributed by atoms with Crippen LogP contribution in [0.1, 0.15) is 17.5 Å². The highest BCUT2D eigenvalue weighted by Crippen LogP contribution is 2.07. The molecule has 2 aromatic carbocycles. The maximum atomic E-state index is 11.7. The first kappa shape index (κ1) is 14.3. The molecule has 0 saturated heterocycles. The number of esters is 1. The molecule has 0 spiro atoms. The van der Waals surface area contributed by atoms with Gasteiger partial charge in [0.2, 0.25) is 0 Å². The number of hydrogen-bond acceptors (Lipinski definition) is 3. The lowest BCUT2D eigenvalue weighted by Gasteiger charge is -2.10. The molecule has 3 nitrogen and oxygen atoms in total. The summed E-state index contributed by atoms with van der Waals surface area (Å²) in [6, 6.07) is 19.2. The Morgan fingerprint density at radius 3 is 2.10 bits per heavy atom. The fourth-order valence-corrected chi connectivity index (χ4v) is 1.89. The van der Waals surface area contributed by atoms with Crippen LogP contribution in [0.15, 0.2) is 60.7 Å². The van der Waals surface area contributed by atoms with Gasteiger partial charge in [-0.1, -0.05) is 60.7 Å². The molecule has 0 aliphatic rings. The maximum absolute atomic E-state index is 11.7. The lowest BCUT2D eigenvalue weighted by Crippen LogP contribution is -2.23. The average Bonchev–Trinajstić information content (AvgIpc) is 2.52. The Labute approximate surface area is 118 Å². The van der Waals surface area contributed by atoms with Crippen molar-refractivity contribution < 1.29 is 14.6 Å². The molecule has 0 unspecified atom stereocenters. The summed E-state index contributed by atoms with van der Waals surface area (Å²) in [6.45, 7) is 0.196. The Kier molecular flexibility index (Phi) is 5.33. The highest BCUT2D eigenvalue weighted by molar-refractivity contribution is 5.74. The van der Waals surface area contributed by atoms with Crippen molar-refractivity contribution in [3.8, 4) is 0 Å². The number of hydrogen-bond donors (Lipinski definition) is 1. The van der Waals surface area contributed by atoms with Gasteiger partial charge in [-0.3, -0.25) is 0 Å². The van der Waals surface area contributed by atoms with Crippen molar-refractivity contribution in [3.05, 3.63) is 71.8 Å². The summed E-state index contributed by atoms with van der Waals surface area (Å²) in [7, 11) is 0. The van der Waals surface area contributed by atoms with Crippen LogP contribution in [0.4, 0.5) is 0 Å². The zero-order chi connectivity index (χ0) is 14.2. The van der Waals surface area contributed by atoms with Crippen molar-refractivity contribution in [1.29, 1.82) is 0 Å². The Bertz CT molecular complexity index is 522. The van der Waals surface area contributed by atoms with E-state index in [4.69, 9.17) is 4.74 Å². The van der Waals surface area contributed by atoms with E-state index in [9.17, 15) is 9.90 Å². The smallest absolute Gasteiger partial charge is 0.335 e. The zero-order valence-electron chi connectivity index (χ0n) is 11.2. The summed E-state index contributed by atoms with van der Waals surface area (Å²) in [5, 5.41) is 9.78. The van der Waals surface area contributed by atoms with Crippen molar-refractivity contribution in [2.45, 2.75) is 25.6 Å². The standard InChI is InChI=1S/C17H18O3/c18-16(12-11-14-7-3-1-4-8-14)17(19)20-13-15-9-5-2-6-10-15/h1-10,16,18H,11-13H2/t16-/m1/s1. The van der Waals surface area contributed by atoms with Gasteiger partial charge in [-0.25, -0.2) is 4.79 Å². The number of aryl methyl sites for hydroxylation is 1. The van der Waals surface area contributed by atoms with Crippen molar-refractivity contribution >= 4 is 5.97 Å². The van der Waals surface area contributed by atoms with Crippen molar-refractivity contribution in [2.24, 2.45) is 0 Å². The number of aliphatic hydroxyl groups excluding tert-OH is 1. The number of aliphatic hydroxyl groups is 1. The molecule has 0 aromatic heterocycles. The van der Waals surface area contributed by atoms with Gasteiger partial charge in [0, 0.05) is 0 Å². The van der Waals surface area contributed by atoms with E-state index in [1.54, 1.807) is 0 Å².